The van der Waals surface area contributed by atoms with E-state index in [0.29, 0.717) is 15.5 Å². The summed E-state index contributed by atoms with van der Waals surface area (Å²) in [4.78, 5) is 24.4. The van der Waals surface area contributed by atoms with Gasteiger partial charge in [-0.15, -0.1) is 0 Å². The van der Waals surface area contributed by atoms with Gasteiger partial charge in [-0.2, -0.15) is 0 Å². The van der Waals surface area contributed by atoms with Gasteiger partial charge < -0.3 is 10.1 Å². The van der Waals surface area contributed by atoms with E-state index in [1.807, 2.05) is 12.1 Å². The van der Waals surface area contributed by atoms with Gasteiger partial charge in [0.15, 0.2) is 0 Å². The number of methoxy groups -OCH3 is 1. The van der Waals surface area contributed by atoms with Crippen molar-refractivity contribution in [3.8, 4) is 5.75 Å². The lowest BCUT2D eigenvalue weighted by atomic mass is 10.1. The van der Waals surface area contributed by atoms with Gasteiger partial charge in [0.05, 0.1) is 16.9 Å². The molecule has 0 aromatic heterocycles. The third-order valence-electron chi connectivity index (χ3n) is 4.07. The standard InChI is InChI=1S/C21H17FN2O4S/c1-28-17-7-2-14(3-8-17)13-23-21(25)15-4-11-20(19(12-15)24(26)27)29-18-9-5-16(22)6-10-18/h2-12H,13H2,1H3,(H,23,25). The lowest BCUT2D eigenvalue weighted by Gasteiger charge is -2.08. The van der Waals surface area contributed by atoms with Crippen molar-refractivity contribution < 1.29 is 18.8 Å². The number of benzene rings is 3. The van der Waals surface area contributed by atoms with Gasteiger partial charge in [0, 0.05) is 23.1 Å². The molecule has 1 N–H and O–H groups in total. The Bertz CT molecular complexity index is 1020. The second kappa shape index (κ2) is 9.20. The summed E-state index contributed by atoms with van der Waals surface area (Å²) in [5.41, 5.74) is 0.877. The minimum absolute atomic E-state index is 0.184. The number of halogens is 1. The van der Waals surface area contributed by atoms with Crippen molar-refractivity contribution in [2.75, 3.05) is 7.11 Å². The zero-order chi connectivity index (χ0) is 20.8. The van der Waals surface area contributed by atoms with E-state index in [9.17, 15) is 19.3 Å². The summed E-state index contributed by atoms with van der Waals surface area (Å²) in [5, 5.41) is 14.2. The fraction of sp³-hybridized carbons (Fsp3) is 0.0952. The summed E-state index contributed by atoms with van der Waals surface area (Å²) in [6, 6.07) is 17.2. The predicted molar refractivity (Wildman–Crippen MR) is 108 cm³/mol. The summed E-state index contributed by atoms with van der Waals surface area (Å²) in [7, 11) is 1.57. The van der Waals surface area contributed by atoms with Crippen molar-refractivity contribution in [1.82, 2.24) is 5.32 Å². The average molecular weight is 412 g/mol. The first-order chi connectivity index (χ1) is 14.0. The number of nitrogens with one attached hydrogen (secondary N) is 1. The number of hydrogen-bond donors (Lipinski definition) is 1. The van der Waals surface area contributed by atoms with Gasteiger partial charge in [0.25, 0.3) is 11.6 Å². The van der Waals surface area contributed by atoms with Crippen LogP contribution in [0.4, 0.5) is 10.1 Å². The van der Waals surface area contributed by atoms with Crippen LogP contribution in [-0.2, 0) is 6.54 Å². The molecular formula is C21H17FN2O4S. The van der Waals surface area contributed by atoms with Crippen LogP contribution in [0.3, 0.4) is 0 Å². The molecule has 0 atom stereocenters. The molecule has 0 fully saturated rings. The molecule has 0 aliphatic carbocycles. The molecule has 0 spiro atoms. The Balaban J connectivity index is 1.73. The zero-order valence-corrected chi connectivity index (χ0v) is 16.2. The molecule has 0 heterocycles. The summed E-state index contributed by atoms with van der Waals surface area (Å²) in [6.45, 7) is 0.280. The Morgan fingerprint density at radius 2 is 1.79 bits per heavy atom. The Kier molecular flexibility index (Phi) is 6.46. The van der Waals surface area contributed by atoms with Gasteiger partial charge in [-0.05, 0) is 54.1 Å². The smallest absolute Gasteiger partial charge is 0.284 e. The van der Waals surface area contributed by atoms with Crippen LogP contribution in [-0.4, -0.2) is 17.9 Å². The maximum absolute atomic E-state index is 13.0. The summed E-state index contributed by atoms with van der Waals surface area (Å²) in [6.07, 6.45) is 0. The molecular weight excluding hydrogens is 395 g/mol. The fourth-order valence-electron chi connectivity index (χ4n) is 2.54. The van der Waals surface area contributed by atoms with Gasteiger partial charge in [-0.1, -0.05) is 23.9 Å². The average Bonchev–Trinajstić information content (AvgIpc) is 2.74. The predicted octanol–water partition coefficient (Wildman–Crippen LogP) is 4.82. The molecule has 3 aromatic carbocycles. The monoisotopic (exact) mass is 412 g/mol. The van der Waals surface area contributed by atoms with Crippen LogP contribution in [0.1, 0.15) is 15.9 Å². The molecule has 29 heavy (non-hydrogen) atoms. The van der Waals surface area contributed by atoms with Crippen LogP contribution in [0, 0.1) is 15.9 Å². The molecule has 0 saturated carbocycles. The van der Waals surface area contributed by atoms with Crippen LogP contribution in [0.5, 0.6) is 5.75 Å². The third-order valence-corrected chi connectivity index (χ3v) is 5.14. The highest BCUT2D eigenvalue weighted by Crippen LogP contribution is 2.35. The maximum Gasteiger partial charge on any atom is 0.284 e. The van der Waals surface area contributed by atoms with E-state index in [1.165, 1.54) is 30.3 Å². The summed E-state index contributed by atoms with van der Waals surface area (Å²) >= 11 is 1.13. The molecule has 0 aliphatic heterocycles. The molecule has 3 rings (SSSR count). The number of nitrogens with zero attached hydrogens (tertiary/aromatic N) is 1. The highest BCUT2D eigenvalue weighted by Gasteiger charge is 2.18. The fourth-order valence-corrected chi connectivity index (χ4v) is 3.45. The van der Waals surface area contributed by atoms with E-state index in [1.54, 1.807) is 31.4 Å². The van der Waals surface area contributed by atoms with Crippen molar-refractivity contribution in [3.05, 3.63) is 93.8 Å². The normalized spacial score (nSPS) is 10.4. The first kappa shape index (κ1) is 20.3. The number of nitro groups is 1. The van der Waals surface area contributed by atoms with Gasteiger partial charge >= 0.3 is 0 Å². The number of ether oxygens (including phenoxy) is 1. The van der Waals surface area contributed by atoms with E-state index in [2.05, 4.69) is 5.32 Å². The van der Waals surface area contributed by atoms with Gasteiger partial charge in [0.1, 0.15) is 11.6 Å². The molecule has 0 aliphatic rings. The maximum atomic E-state index is 13.0. The minimum Gasteiger partial charge on any atom is -0.497 e. The van der Waals surface area contributed by atoms with Crippen LogP contribution >= 0.6 is 11.8 Å². The molecule has 1 amide bonds. The Labute approximate surface area is 170 Å². The largest absolute Gasteiger partial charge is 0.497 e. The molecule has 0 saturated heterocycles. The Morgan fingerprint density at radius 3 is 2.41 bits per heavy atom. The third kappa shape index (κ3) is 5.32. The number of carbonyl (C=O) groups excluding carboxylic acids is 1. The number of amides is 1. The molecule has 148 valence electrons. The van der Waals surface area contributed by atoms with Crippen LogP contribution < -0.4 is 10.1 Å². The van der Waals surface area contributed by atoms with Crippen LogP contribution in [0.15, 0.2) is 76.5 Å². The van der Waals surface area contributed by atoms with Gasteiger partial charge in [-0.25, -0.2) is 4.39 Å². The summed E-state index contributed by atoms with van der Waals surface area (Å²) < 4.78 is 18.1. The number of rotatable bonds is 7. The van der Waals surface area contributed by atoms with E-state index >= 15 is 0 Å². The number of carbonyl (C=O) groups is 1. The zero-order valence-electron chi connectivity index (χ0n) is 15.4. The highest BCUT2D eigenvalue weighted by molar-refractivity contribution is 7.99. The molecule has 3 aromatic rings. The molecule has 0 unspecified atom stereocenters. The second-order valence-corrected chi connectivity index (χ2v) is 7.14. The first-order valence-corrected chi connectivity index (χ1v) is 9.41. The van der Waals surface area contributed by atoms with Crippen molar-refractivity contribution in [2.45, 2.75) is 16.3 Å². The van der Waals surface area contributed by atoms with E-state index in [0.717, 1.165) is 17.3 Å². The molecule has 6 nitrogen and oxygen atoms in total. The van der Waals surface area contributed by atoms with Crippen LogP contribution in [0.2, 0.25) is 0 Å². The van der Waals surface area contributed by atoms with Gasteiger partial charge in [0.2, 0.25) is 0 Å². The Morgan fingerprint density at radius 1 is 1.10 bits per heavy atom. The van der Waals surface area contributed by atoms with E-state index < -0.39 is 10.8 Å². The Hall–Kier alpha value is -3.39. The summed E-state index contributed by atoms with van der Waals surface area (Å²) in [5.74, 6) is -0.0834. The quantitative estimate of drug-likeness (QED) is 0.444. The lowest BCUT2D eigenvalue weighted by Crippen LogP contribution is -2.22. The first-order valence-electron chi connectivity index (χ1n) is 8.59. The molecule has 0 radical (unpaired) electrons. The number of nitro benzene ring substituents is 1. The van der Waals surface area contributed by atoms with Crippen molar-refractivity contribution in [3.63, 3.8) is 0 Å². The topological polar surface area (TPSA) is 81.5 Å². The SMILES string of the molecule is COc1ccc(CNC(=O)c2ccc(Sc3ccc(F)cc3)c([N+](=O)[O-])c2)cc1. The van der Waals surface area contributed by atoms with Crippen molar-refractivity contribution in [1.29, 1.82) is 0 Å². The highest BCUT2D eigenvalue weighted by atomic mass is 32.2. The van der Waals surface area contributed by atoms with E-state index in [4.69, 9.17) is 4.74 Å². The number of hydrogen-bond acceptors (Lipinski definition) is 5. The second-order valence-electron chi connectivity index (χ2n) is 6.03. The van der Waals surface area contributed by atoms with Crippen molar-refractivity contribution >= 4 is 23.4 Å². The van der Waals surface area contributed by atoms with Crippen molar-refractivity contribution in [2.24, 2.45) is 0 Å². The molecule has 8 heteroatoms. The minimum atomic E-state index is -0.536. The molecule has 0 bridgehead atoms. The van der Waals surface area contributed by atoms with Gasteiger partial charge in [-0.3, -0.25) is 14.9 Å². The van der Waals surface area contributed by atoms with Crippen LogP contribution in [0.25, 0.3) is 0 Å². The van der Waals surface area contributed by atoms with E-state index in [-0.39, 0.29) is 23.6 Å². The lowest BCUT2D eigenvalue weighted by molar-refractivity contribution is -0.387.